The van der Waals surface area contributed by atoms with Gasteiger partial charge in [0.1, 0.15) is 0 Å². The van der Waals surface area contributed by atoms with E-state index in [1.54, 1.807) is 24.5 Å². The van der Waals surface area contributed by atoms with E-state index >= 15 is 0 Å². The van der Waals surface area contributed by atoms with Crippen LogP contribution in [0.2, 0.25) is 0 Å². The van der Waals surface area contributed by atoms with Crippen molar-refractivity contribution in [3.63, 3.8) is 0 Å². The van der Waals surface area contributed by atoms with Crippen LogP contribution in [0.5, 0.6) is 0 Å². The van der Waals surface area contributed by atoms with Crippen molar-refractivity contribution in [2.24, 2.45) is 4.99 Å². The predicted octanol–water partition coefficient (Wildman–Crippen LogP) is 3.36. The van der Waals surface area contributed by atoms with Crippen LogP contribution in [-0.4, -0.2) is 38.5 Å². The summed E-state index contributed by atoms with van der Waals surface area (Å²) in [4.78, 5) is 17.5. The first-order valence-electron chi connectivity index (χ1n) is 8.42. The highest BCUT2D eigenvalue weighted by Crippen LogP contribution is 2.19. The van der Waals surface area contributed by atoms with Gasteiger partial charge in [-0.3, -0.25) is 9.79 Å². The number of furan rings is 1. The van der Waals surface area contributed by atoms with Crippen molar-refractivity contribution in [2.45, 2.75) is 26.2 Å². The standard InChI is InChI=1S/C18H26N4O2S.HI/c1-13-7-10-24-16(13)17(23)20-8-5-9-21-18(19-3)22-12-14(2)15-6-4-11-25-15;/h4,6-7,10-11,14H,5,8-9,12H2,1-3H3,(H,20,23)(H2,19,21,22);1H. The Bertz CT molecular complexity index is 685. The zero-order valence-corrected chi connectivity index (χ0v) is 18.5. The van der Waals surface area contributed by atoms with Gasteiger partial charge in [0, 0.05) is 43.0 Å². The molecule has 3 N–H and O–H groups in total. The Kier molecular flexibility index (Phi) is 10.3. The minimum Gasteiger partial charge on any atom is -0.459 e. The van der Waals surface area contributed by atoms with E-state index in [1.807, 2.05) is 6.92 Å². The average Bonchev–Trinajstić information content (AvgIpc) is 3.28. The zero-order valence-electron chi connectivity index (χ0n) is 15.4. The summed E-state index contributed by atoms with van der Waals surface area (Å²) in [5, 5.41) is 11.5. The number of aliphatic imine (C=N–C) groups is 1. The molecule has 0 fully saturated rings. The summed E-state index contributed by atoms with van der Waals surface area (Å²) in [6.07, 6.45) is 2.32. The fourth-order valence-electron chi connectivity index (χ4n) is 2.33. The van der Waals surface area contributed by atoms with Gasteiger partial charge in [0.15, 0.2) is 11.7 Å². The van der Waals surface area contributed by atoms with Crippen molar-refractivity contribution >= 4 is 47.2 Å². The van der Waals surface area contributed by atoms with E-state index in [0.717, 1.165) is 31.0 Å². The average molecular weight is 490 g/mol. The number of thiophene rings is 1. The van der Waals surface area contributed by atoms with Crippen LogP contribution >= 0.6 is 35.3 Å². The highest BCUT2D eigenvalue weighted by atomic mass is 127. The van der Waals surface area contributed by atoms with E-state index in [9.17, 15) is 4.79 Å². The molecule has 0 aromatic carbocycles. The molecule has 0 aliphatic carbocycles. The van der Waals surface area contributed by atoms with E-state index < -0.39 is 0 Å². The lowest BCUT2D eigenvalue weighted by molar-refractivity contribution is 0.0925. The van der Waals surface area contributed by atoms with Gasteiger partial charge in [0.25, 0.3) is 5.91 Å². The van der Waals surface area contributed by atoms with Gasteiger partial charge in [0.2, 0.25) is 0 Å². The first-order chi connectivity index (χ1) is 12.1. The summed E-state index contributed by atoms with van der Waals surface area (Å²) in [7, 11) is 1.76. The summed E-state index contributed by atoms with van der Waals surface area (Å²) in [5.74, 6) is 1.42. The van der Waals surface area contributed by atoms with Crippen LogP contribution in [-0.2, 0) is 0 Å². The molecular weight excluding hydrogens is 463 g/mol. The topological polar surface area (TPSA) is 78.7 Å². The van der Waals surface area contributed by atoms with E-state index in [-0.39, 0.29) is 29.9 Å². The Balaban J connectivity index is 0.00000338. The maximum absolute atomic E-state index is 11.9. The molecule has 0 radical (unpaired) electrons. The fourth-order valence-corrected chi connectivity index (χ4v) is 3.11. The number of hydrogen-bond acceptors (Lipinski definition) is 4. The first kappa shape index (κ1) is 22.5. The maximum Gasteiger partial charge on any atom is 0.287 e. The molecule has 0 spiro atoms. The fraction of sp³-hybridized carbons (Fsp3) is 0.444. The third kappa shape index (κ3) is 6.99. The lowest BCUT2D eigenvalue weighted by Gasteiger charge is -2.15. The molecule has 0 saturated carbocycles. The number of nitrogens with one attached hydrogen (secondary N) is 3. The molecule has 0 saturated heterocycles. The summed E-state index contributed by atoms with van der Waals surface area (Å²) >= 11 is 1.77. The lowest BCUT2D eigenvalue weighted by atomic mass is 10.1. The quantitative estimate of drug-likeness (QED) is 0.230. The maximum atomic E-state index is 11.9. The minimum atomic E-state index is -0.172. The predicted molar refractivity (Wildman–Crippen MR) is 118 cm³/mol. The van der Waals surface area contributed by atoms with Crippen LogP contribution in [0.4, 0.5) is 0 Å². The van der Waals surface area contributed by atoms with Crippen molar-refractivity contribution in [1.82, 2.24) is 16.0 Å². The molecule has 2 rings (SSSR count). The van der Waals surface area contributed by atoms with Crippen molar-refractivity contribution < 1.29 is 9.21 Å². The second kappa shape index (κ2) is 11.9. The molecule has 1 atom stereocenters. The van der Waals surface area contributed by atoms with Crippen LogP contribution < -0.4 is 16.0 Å². The van der Waals surface area contributed by atoms with E-state index in [0.29, 0.717) is 18.2 Å². The van der Waals surface area contributed by atoms with Gasteiger partial charge in [-0.2, -0.15) is 0 Å². The summed E-state index contributed by atoms with van der Waals surface area (Å²) in [6.45, 7) is 6.18. The number of guanidine groups is 1. The summed E-state index contributed by atoms with van der Waals surface area (Å²) < 4.78 is 5.17. The van der Waals surface area contributed by atoms with Crippen molar-refractivity contribution in [3.05, 3.63) is 46.0 Å². The molecule has 8 heteroatoms. The Labute approximate surface area is 175 Å². The van der Waals surface area contributed by atoms with Gasteiger partial charge in [-0.15, -0.1) is 35.3 Å². The van der Waals surface area contributed by atoms with Crippen molar-refractivity contribution in [3.8, 4) is 0 Å². The normalized spacial score (nSPS) is 12.2. The third-order valence-electron chi connectivity index (χ3n) is 3.83. The van der Waals surface area contributed by atoms with Crippen molar-refractivity contribution in [2.75, 3.05) is 26.7 Å². The van der Waals surface area contributed by atoms with E-state index in [1.165, 1.54) is 11.1 Å². The third-order valence-corrected chi connectivity index (χ3v) is 4.93. The number of nitrogens with zero attached hydrogens (tertiary/aromatic N) is 1. The molecule has 144 valence electrons. The molecule has 0 aliphatic heterocycles. The van der Waals surface area contributed by atoms with Gasteiger partial charge in [-0.1, -0.05) is 13.0 Å². The number of halogens is 1. The summed E-state index contributed by atoms with van der Waals surface area (Å²) in [5.41, 5.74) is 0.847. The first-order valence-corrected chi connectivity index (χ1v) is 9.30. The molecule has 1 unspecified atom stereocenters. The summed E-state index contributed by atoms with van der Waals surface area (Å²) in [6, 6.07) is 6.00. The number of carbonyl (C=O) groups is 1. The molecule has 6 nitrogen and oxygen atoms in total. The second-order valence-electron chi connectivity index (χ2n) is 5.84. The molecule has 2 heterocycles. The number of carbonyl (C=O) groups excluding carboxylic acids is 1. The monoisotopic (exact) mass is 490 g/mol. The molecule has 0 bridgehead atoms. The Morgan fingerprint density at radius 1 is 1.27 bits per heavy atom. The van der Waals surface area contributed by atoms with Crippen LogP contribution in [0.25, 0.3) is 0 Å². The minimum absolute atomic E-state index is 0. The van der Waals surface area contributed by atoms with Crippen LogP contribution in [0.15, 0.2) is 39.3 Å². The SMILES string of the molecule is CN=C(NCCCNC(=O)c1occc1C)NCC(C)c1cccs1.I. The van der Waals surface area contributed by atoms with Crippen LogP contribution in [0, 0.1) is 6.92 Å². The van der Waals surface area contributed by atoms with Gasteiger partial charge >= 0.3 is 0 Å². The molecular formula is C18H27IN4O2S. The molecule has 26 heavy (non-hydrogen) atoms. The Morgan fingerprint density at radius 2 is 2.04 bits per heavy atom. The van der Waals surface area contributed by atoms with E-state index in [4.69, 9.17) is 4.42 Å². The molecule has 1 amide bonds. The van der Waals surface area contributed by atoms with Gasteiger partial charge in [-0.25, -0.2) is 0 Å². The lowest BCUT2D eigenvalue weighted by Crippen LogP contribution is -2.40. The highest BCUT2D eigenvalue weighted by Gasteiger charge is 2.11. The number of rotatable bonds is 8. The van der Waals surface area contributed by atoms with Crippen LogP contribution in [0.3, 0.4) is 0 Å². The second-order valence-corrected chi connectivity index (χ2v) is 6.82. The smallest absolute Gasteiger partial charge is 0.287 e. The largest absolute Gasteiger partial charge is 0.459 e. The Hall–Kier alpha value is -1.55. The highest BCUT2D eigenvalue weighted by molar-refractivity contribution is 14.0. The molecule has 2 aromatic rings. The van der Waals surface area contributed by atoms with Crippen molar-refractivity contribution in [1.29, 1.82) is 0 Å². The number of amides is 1. The molecule has 0 aliphatic rings. The van der Waals surface area contributed by atoms with Gasteiger partial charge in [0.05, 0.1) is 6.26 Å². The molecule has 2 aromatic heterocycles. The number of hydrogen-bond donors (Lipinski definition) is 3. The Morgan fingerprint density at radius 3 is 2.65 bits per heavy atom. The van der Waals surface area contributed by atoms with Gasteiger partial charge < -0.3 is 20.4 Å². The van der Waals surface area contributed by atoms with E-state index in [2.05, 4.69) is 45.4 Å². The number of aryl methyl sites for hydroxylation is 1. The van der Waals surface area contributed by atoms with Gasteiger partial charge in [-0.05, 0) is 30.9 Å². The zero-order chi connectivity index (χ0) is 18.1. The van der Waals surface area contributed by atoms with Crippen LogP contribution in [0.1, 0.15) is 40.3 Å².